The number of rotatable bonds is 2. The van der Waals surface area contributed by atoms with Gasteiger partial charge in [-0.25, -0.2) is 13.4 Å². The van der Waals surface area contributed by atoms with Crippen molar-refractivity contribution in [1.82, 2.24) is 0 Å². The van der Waals surface area contributed by atoms with Crippen molar-refractivity contribution in [2.45, 2.75) is 26.4 Å². The van der Waals surface area contributed by atoms with E-state index in [0.717, 1.165) is 6.07 Å². The maximum Gasteiger partial charge on any atom is 0.428 e. The molecule has 1 atom stereocenters. The summed E-state index contributed by atoms with van der Waals surface area (Å²) < 4.78 is 39.2. The van der Waals surface area contributed by atoms with Crippen molar-refractivity contribution in [3.05, 3.63) is 28.5 Å². The van der Waals surface area contributed by atoms with Gasteiger partial charge in [-0.1, -0.05) is 0 Å². The van der Waals surface area contributed by atoms with E-state index in [1.54, 1.807) is 20.8 Å². The number of amides is 1. The Morgan fingerprint density at radius 2 is 2.05 bits per heavy atom. The second-order valence-corrected chi connectivity index (χ2v) is 6.28. The van der Waals surface area contributed by atoms with Crippen molar-refractivity contribution >= 4 is 39.0 Å². The van der Waals surface area contributed by atoms with E-state index >= 15 is 0 Å². The van der Waals surface area contributed by atoms with Gasteiger partial charge in [0.1, 0.15) is 11.4 Å². The first kappa shape index (κ1) is 16.1. The second kappa shape index (κ2) is 5.98. The summed E-state index contributed by atoms with van der Waals surface area (Å²) in [5, 5.41) is 0. The standard InChI is InChI=1S/C11H13BrFNO4S/c1-11(2,3)18-10(15)14(19(16)17)7-4-5-9(13)8(12)6-7/h4-6H,1-3H3,(H,16,17). The maximum atomic E-state index is 13.1. The quantitative estimate of drug-likeness (QED) is 0.826. The van der Waals surface area contributed by atoms with E-state index in [9.17, 15) is 17.9 Å². The molecule has 0 bridgehead atoms. The number of hydrogen-bond donors (Lipinski definition) is 1. The Morgan fingerprint density at radius 1 is 1.47 bits per heavy atom. The molecule has 1 rings (SSSR count). The second-order valence-electron chi connectivity index (χ2n) is 4.60. The van der Waals surface area contributed by atoms with Gasteiger partial charge < -0.3 is 4.74 Å². The van der Waals surface area contributed by atoms with Crippen LogP contribution in [0.4, 0.5) is 14.9 Å². The van der Waals surface area contributed by atoms with Gasteiger partial charge in [-0.15, -0.1) is 0 Å². The van der Waals surface area contributed by atoms with Crippen LogP contribution in [0.1, 0.15) is 20.8 Å². The number of carbonyl (C=O) groups excluding carboxylic acids is 1. The molecule has 1 N–H and O–H groups in total. The summed E-state index contributed by atoms with van der Waals surface area (Å²) in [6.45, 7) is 4.89. The van der Waals surface area contributed by atoms with Crippen LogP contribution in [0, 0.1) is 5.82 Å². The van der Waals surface area contributed by atoms with Gasteiger partial charge in [0.2, 0.25) is 0 Å². The smallest absolute Gasteiger partial charge is 0.428 e. The molecule has 1 amide bonds. The number of nitrogens with zero attached hydrogens (tertiary/aromatic N) is 1. The Morgan fingerprint density at radius 3 is 2.47 bits per heavy atom. The molecule has 0 aliphatic heterocycles. The third-order valence-corrected chi connectivity index (χ3v) is 3.13. The van der Waals surface area contributed by atoms with Gasteiger partial charge >= 0.3 is 6.09 Å². The van der Waals surface area contributed by atoms with Gasteiger partial charge in [0.15, 0.2) is 0 Å². The molecular weight excluding hydrogens is 341 g/mol. The third kappa shape index (κ3) is 4.55. The van der Waals surface area contributed by atoms with E-state index in [-0.39, 0.29) is 10.2 Å². The average molecular weight is 354 g/mol. The number of anilines is 1. The first-order valence-electron chi connectivity index (χ1n) is 5.21. The van der Waals surface area contributed by atoms with Gasteiger partial charge in [-0.3, -0.25) is 4.55 Å². The highest BCUT2D eigenvalue weighted by Gasteiger charge is 2.27. The fraction of sp³-hybridized carbons (Fsp3) is 0.364. The molecule has 1 unspecified atom stereocenters. The summed E-state index contributed by atoms with van der Waals surface area (Å²) in [7, 11) is 0. The lowest BCUT2D eigenvalue weighted by atomic mass is 10.2. The third-order valence-electron chi connectivity index (χ3n) is 1.85. The molecule has 106 valence electrons. The maximum absolute atomic E-state index is 13.1. The predicted octanol–water partition coefficient (Wildman–Crippen LogP) is 3.47. The lowest BCUT2D eigenvalue weighted by molar-refractivity contribution is 0.0608. The van der Waals surface area contributed by atoms with Crippen LogP contribution in [0.25, 0.3) is 0 Å². The molecule has 0 aliphatic carbocycles. The fourth-order valence-corrected chi connectivity index (χ4v) is 2.00. The minimum absolute atomic E-state index is 0.0448. The number of halogens is 2. The normalized spacial score (nSPS) is 12.9. The molecule has 19 heavy (non-hydrogen) atoms. The molecule has 8 heteroatoms. The molecule has 0 saturated carbocycles. The van der Waals surface area contributed by atoms with Crippen molar-refractivity contribution in [3.8, 4) is 0 Å². The van der Waals surface area contributed by atoms with Crippen molar-refractivity contribution < 1.29 is 22.7 Å². The highest BCUT2D eigenvalue weighted by molar-refractivity contribution is 9.10. The van der Waals surface area contributed by atoms with E-state index in [1.165, 1.54) is 12.1 Å². The SMILES string of the molecule is CC(C)(C)OC(=O)N(c1ccc(F)c(Br)c1)S(=O)O. The van der Waals surface area contributed by atoms with E-state index in [2.05, 4.69) is 15.9 Å². The Balaban J connectivity index is 3.10. The average Bonchev–Trinajstić information content (AvgIpc) is 2.20. The van der Waals surface area contributed by atoms with Crippen molar-refractivity contribution in [3.63, 3.8) is 0 Å². The van der Waals surface area contributed by atoms with Gasteiger partial charge in [0, 0.05) is 0 Å². The summed E-state index contributed by atoms with van der Waals surface area (Å²) in [5.74, 6) is -0.545. The molecule has 0 heterocycles. The van der Waals surface area contributed by atoms with Gasteiger partial charge in [0.25, 0.3) is 11.3 Å². The zero-order chi connectivity index (χ0) is 14.8. The monoisotopic (exact) mass is 353 g/mol. The van der Waals surface area contributed by atoms with E-state index in [4.69, 9.17) is 4.74 Å². The predicted molar refractivity (Wildman–Crippen MR) is 73.6 cm³/mol. The van der Waals surface area contributed by atoms with Crippen molar-refractivity contribution in [1.29, 1.82) is 0 Å². The summed E-state index contributed by atoms with van der Waals surface area (Å²) in [6.07, 6.45) is -0.994. The lowest BCUT2D eigenvalue weighted by Gasteiger charge is -2.24. The minimum atomic E-state index is -2.62. The van der Waals surface area contributed by atoms with Crippen LogP contribution in [0.3, 0.4) is 0 Å². The zero-order valence-corrected chi connectivity index (χ0v) is 12.9. The van der Waals surface area contributed by atoms with Crippen molar-refractivity contribution in [2.75, 3.05) is 4.31 Å². The van der Waals surface area contributed by atoms with E-state index in [0.29, 0.717) is 4.31 Å². The first-order valence-corrected chi connectivity index (χ1v) is 7.06. The van der Waals surface area contributed by atoms with Crippen LogP contribution in [-0.4, -0.2) is 20.5 Å². The first-order chi connectivity index (χ1) is 8.61. The fourth-order valence-electron chi connectivity index (χ4n) is 1.17. The van der Waals surface area contributed by atoms with Crippen molar-refractivity contribution in [2.24, 2.45) is 0 Å². The van der Waals surface area contributed by atoms with E-state index < -0.39 is 28.8 Å². The van der Waals surface area contributed by atoms with Crippen LogP contribution in [0.2, 0.25) is 0 Å². The molecule has 0 spiro atoms. The Bertz CT molecular complexity index is 518. The lowest BCUT2D eigenvalue weighted by Crippen LogP contribution is -2.37. The molecule has 0 aromatic heterocycles. The number of carbonyl (C=O) groups is 1. The Hall–Kier alpha value is -0.990. The molecule has 0 saturated heterocycles. The molecule has 0 radical (unpaired) electrons. The molecule has 0 fully saturated rings. The highest BCUT2D eigenvalue weighted by Crippen LogP contribution is 2.25. The molecule has 1 aromatic rings. The largest absolute Gasteiger partial charge is 0.443 e. The van der Waals surface area contributed by atoms with Crippen LogP contribution in [-0.2, 0) is 16.0 Å². The van der Waals surface area contributed by atoms with Gasteiger partial charge in [-0.05, 0) is 54.9 Å². The van der Waals surface area contributed by atoms with E-state index in [1.807, 2.05) is 0 Å². The zero-order valence-electron chi connectivity index (χ0n) is 10.5. The topological polar surface area (TPSA) is 66.8 Å². The minimum Gasteiger partial charge on any atom is -0.443 e. The van der Waals surface area contributed by atoms with Crippen LogP contribution >= 0.6 is 15.9 Å². The Kier molecular flexibility index (Phi) is 5.05. The van der Waals surface area contributed by atoms with Crippen LogP contribution in [0.15, 0.2) is 22.7 Å². The van der Waals surface area contributed by atoms with Crippen LogP contribution in [0.5, 0.6) is 0 Å². The molecule has 1 aromatic carbocycles. The number of ether oxygens (including phenoxy) is 1. The molecule has 5 nitrogen and oxygen atoms in total. The summed E-state index contributed by atoms with van der Waals surface area (Å²) in [5.41, 5.74) is -0.769. The van der Waals surface area contributed by atoms with Crippen LogP contribution < -0.4 is 4.31 Å². The number of hydrogen-bond acceptors (Lipinski definition) is 3. The molecular formula is C11H13BrFNO4S. The summed E-state index contributed by atoms with van der Waals surface area (Å²) in [6, 6.07) is 3.50. The van der Waals surface area contributed by atoms with Gasteiger partial charge in [0.05, 0.1) is 10.2 Å². The Labute approximate surface area is 121 Å². The number of benzene rings is 1. The highest BCUT2D eigenvalue weighted by atomic mass is 79.9. The summed E-state index contributed by atoms with van der Waals surface area (Å²) >= 11 is 0.321. The van der Waals surface area contributed by atoms with Gasteiger partial charge in [-0.2, -0.15) is 4.31 Å². The molecule has 0 aliphatic rings. The summed E-state index contributed by atoms with van der Waals surface area (Å²) in [4.78, 5) is 11.8.